The highest BCUT2D eigenvalue weighted by molar-refractivity contribution is 6.08. The topological polar surface area (TPSA) is 29.3 Å². The van der Waals surface area contributed by atoms with Crippen molar-refractivity contribution in [1.29, 1.82) is 0 Å². The van der Waals surface area contributed by atoms with Gasteiger partial charge in [0.25, 0.3) is 0 Å². The highest BCUT2D eigenvalue weighted by atomic mass is 16.3. The van der Waals surface area contributed by atoms with Crippen molar-refractivity contribution in [2.75, 3.05) is 4.90 Å². The molecule has 0 aliphatic rings. The van der Waals surface area contributed by atoms with Crippen molar-refractivity contribution >= 4 is 49.7 Å². The van der Waals surface area contributed by atoms with Crippen LogP contribution in [0.25, 0.3) is 77.5 Å². The first-order chi connectivity index (χ1) is 26.7. The Kier molecular flexibility index (Phi) is 7.81. The SMILES string of the molecule is c1ccc(-c2ccc(-c3nc4ccc5ccc(-c6cc(N(c7ccccc7)c7ccc(-c8ccccc8)cc7)cc7ccccc67)cc5c4o3)cc2)cc1. The molecule has 3 nitrogen and oxygen atoms in total. The molecule has 1 aromatic heterocycles. The zero-order valence-corrected chi connectivity index (χ0v) is 29.4. The van der Waals surface area contributed by atoms with Gasteiger partial charge in [-0.1, -0.05) is 146 Å². The van der Waals surface area contributed by atoms with Gasteiger partial charge in [0, 0.05) is 28.0 Å². The van der Waals surface area contributed by atoms with Crippen LogP contribution in [0.15, 0.2) is 211 Å². The lowest BCUT2D eigenvalue weighted by Crippen LogP contribution is -2.10. The number of anilines is 3. The molecule has 0 spiro atoms. The summed E-state index contributed by atoms with van der Waals surface area (Å²) >= 11 is 0. The Hall–Kier alpha value is -7.23. The van der Waals surface area contributed by atoms with E-state index in [-0.39, 0.29) is 0 Å². The second-order valence-corrected chi connectivity index (χ2v) is 13.6. The Morgan fingerprint density at radius 3 is 1.59 bits per heavy atom. The van der Waals surface area contributed by atoms with E-state index in [0.717, 1.165) is 61.2 Å². The Bertz CT molecular complexity index is 2900. The number of para-hydroxylation sites is 1. The van der Waals surface area contributed by atoms with Crippen LogP contribution < -0.4 is 4.90 Å². The first kappa shape index (κ1) is 31.5. The van der Waals surface area contributed by atoms with E-state index in [1.807, 2.05) is 6.07 Å². The summed E-state index contributed by atoms with van der Waals surface area (Å²) in [5, 5.41) is 4.51. The van der Waals surface area contributed by atoms with Crippen LogP contribution in [0.5, 0.6) is 0 Å². The zero-order valence-electron chi connectivity index (χ0n) is 29.4. The maximum Gasteiger partial charge on any atom is 0.227 e. The molecule has 0 amide bonds. The molecule has 0 radical (unpaired) electrons. The first-order valence-corrected chi connectivity index (χ1v) is 18.3. The van der Waals surface area contributed by atoms with Gasteiger partial charge in [-0.25, -0.2) is 4.98 Å². The Balaban J connectivity index is 1.09. The van der Waals surface area contributed by atoms with Crippen LogP contribution in [0, 0.1) is 0 Å². The molecule has 0 aliphatic heterocycles. The molecule has 0 bridgehead atoms. The molecule has 0 saturated carbocycles. The molecule has 254 valence electrons. The van der Waals surface area contributed by atoms with Gasteiger partial charge in [-0.3, -0.25) is 0 Å². The quantitative estimate of drug-likeness (QED) is 0.167. The van der Waals surface area contributed by atoms with E-state index in [1.165, 1.54) is 27.5 Å². The predicted octanol–water partition coefficient (Wildman–Crippen LogP) is 14.3. The molecule has 1 heterocycles. The van der Waals surface area contributed by atoms with E-state index in [0.29, 0.717) is 5.89 Å². The van der Waals surface area contributed by atoms with Crippen molar-refractivity contribution < 1.29 is 4.42 Å². The molecular weight excluding hydrogens is 657 g/mol. The summed E-state index contributed by atoms with van der Waals surface area (Å²) in [4.78, 5) is 7.29. The molecular formula is C51H34N2O. The van der Waals surface area contributed by atoms with Crippen molar-refractivity contribution in [3.63, 3.8) is 0 Å². The maximum atomic E-state index is 6.59. The van der Waals surface area contributed by atoms with Gasteiger partial charge >= 0.3 is 0 Å². The summed E-state index contributed by atoms with van der Waals surface area (Å²) in [6.07, 6.45) is 0. The molecule has 0 N–H and O–H groups in total. The van der Waals surface area contributed by atoms with Gasteiger partial charge in [0.15, 0.2) is 5.58 Å². The molecule has 0 unspecified atom stereocenters. The Morgan fingerprint density at radius 1 is 0.352 bits per heavy atom. The molecule has 9 aromatic carbocycles. The lowest BCUT2D eigenvalue weighted by Gasteiger charge is -2.27. The van der Waals surface area contributed by atoms with Crippen molar-refractivity contribution in [3.05, 3.63) is 206 Å². The summed E-state index contributed by atoms with van der Waals surface area (Å²) in [5.41, 5.74) is 12.9. The number of nitrogens with zero attached hydrogens (tertiary/aromatic N) is 2. The third kappa shape index (κ3) is 5.78. The van der Waals surface area contributed by atoms with Crippen LogP contribution >= 0.6 is 0 Å². The van der Waals surface area contributed by atoms with Crippen LogP contribution in [0.4, 0.5) is 17.1 Å². The summed E-state index contributed by atoms with van der Waals surface area (Å²) in [6, 6.07) is 73.0. The van der Waals surface area contributed by atoms with E-state index in [9.17, 15) is 0 Å². The monoisotopic (exact) mass is 690 g/mol. The third-order valence-electron chi connectivity index (χ3n) is 10.3. The van der Waals surface area contributed by atoms with Crippen LogP contribution in [0.2, 0.25) is 0 Å². The van der Waals surface area contributed by atoms with E-state index < -0.39 is 0 Å². The van der Waals surface area contributed by atoms with Crippen LogP contribution in [-0.2, 0) is 0 Å². The Morgan fingerprint density at radius 2 is 0.889 bits per heavy atom. The van der Waals surface area contributed by atoms with Crippen molar-refractivity contribution in [1.82, 2.24) is 4.98 Å². The van der Waals surface area contributed by atoms with Gasteiger partial charge in [-0.05, 0) is 110 Å². The van der Waals surface area contributed by atoms with Crippen LogP contribution in [0.3, 0.4) is 0 Å². The fraction of sp³-hybridized carbons (Fsp3) is 0. The number of hydrogen-bond acceptors (Lipinski definition) is 3. The van der Waals surface area contributed by atoms with Crippen LogP contribution in [0.1, 0.15) is 0 Å². The number of rotatable bonds is 7. The fourth-order valence-electron chi connectivity index (χ4n) is 7.55. The second-order valence-electron chi connectivity index (χ2n) is 13.6. The number of aromatic nitrogens is 1. The van der Waals surface area contributed by atoms with Crippen molar-refractivity contribution in [3.8, 4) is 44.8 Å². The molecule has 54 heavy (non-hydrogen) atoms. The average Bonchev–Trinajstić information content (AvgIpc) is 3.70. The molecule has 0 atom stereocenters. The largest absolute Gasteiger partial charge is 0.435 e. The summed E-state index contributed by atoms with van der Waals surface area (Å²) in [6.45, 7) is 0. The highest BCUT2D eigenvalue weighted by Crippen LogP contribution is 2.42. The number of hydrogen-bond donors (Lipinski definition) is 0. The van der Waals surface area contributed by atoms with Gasteiger partial charge in [-0.2, -0.15) is 0 Å². The van der Waals surface area contributed by atoms with Gasteiger partial charge in [0.05, 0.1) is 0 Å². The maximum absolute atomic E-state index is 6.59. The fourth-order valence-corrected chi connectivity index (χ4v) is 7.55. The molecule has 0 saturated heterocycles. The van der Waals surface area contributed by atoms with Gasteiger partial charge in [-0.15, -0.1) is 0 Å². The summed E-state index contributed by atoms with van der Waals surface area (Å²) < 4.78 is 6.59. The van der Waals surface area contributed by atoms with Crippen molar-refractivity contribution in [2.45, 2.75) is 0 Å². The minimum Gasteiger partial charge on any atom is -0.435 e. The summed E-state index contributed by atoms with van der Waals surface area (Å²) in [5.74, 6) is 0.617. The number of oxazole rings is 1. The van der Waals surface area contributed by atoms with Gasteiger partial charge in [0.1, 0.15) is 5.52 Å². The number of fused-ring (bicyclic) bond motifs is 4. The molecule has 10 rings (SSSR count). The molecule has 10 aromatic rings. The van der Waals surface area contributed by atoms with Crippen LogP contribution in [-0.4, -0.2) is 4.98 Å². The molecule has 3 heteroatoms. The highest BCUT2D eigenvalue weighted by Gasteiger charge is 2.18. The number of benzene rings is 9. The minimum absolute atomic E-state index is 0.617. The molecule has 0 aliphatic carbocycles. The van der Waals surface area contributed by atoms with E-state index in [1.54, 1.807) is 0 Å². The van der Waals surface area contributed by atoms with Crippen molar-refractivity contribution in [2.24, 2.45) is 0 Å². The van der Waals surface area contributed by atoms with E-state index in [2.05, 4.69) is 205 Å². The van der Waals surface area contributed by atoms with E-state index in [4.69, 9.17) is 9.40 Å². The Labute approximate surface area is 314 Å². The third-order valence-corrected chi connectivity index (χ3v) is 10.3. The van der Waals surface area contributed by atoms with Gasteiger partial charge in [0.2, 0.25) is 5.89 Å². The normalized spacial score (nSPS) is 11.3. The standard InChI is InChI=1S/C51H34N2O/c1-4-12-35(13-5-1)37-20-23-40(24-21-37)51-52-49-31-28-39-22-25-42(33-48(39)50(49)54-51)47-34-45(32-41-16-10-11-19-46(41)47)53(43-17-8-3-9-18-43)44-29-26-38(27-30-44)36-14-6-2-7-15-36/h1-34H. The summed E-state index contributed by atoms with van der Waals surface area (Å²) in [7, 11) is 0. The molecule has 0 fully saturated rings. The average molecular weight is 691 g/mol. The first-order valence-electron chi connectivity index (χ1n) is 18.3. The minimum atomic E-state index is 0.617. The smallest absolute Gasteiger partial charge is 0.227 e. The van der Waals surface area contributed by atoms with Gasteiger partial charge < -0.3 is 9.32 Å². The van der Waals surface area contributed by atoms with E-state index >= 15 is 0 Å². The lowest BCUT2D eigenvalue weighted by atomic mass is 9.94. The zero-order chi connectivity index (χ0) is 35.8. The second kappa shape index (κ2) is 13.4. The predicted molar refractivity (Wildman–Crippen MR) is 225 cm³/mol. The lowest BCUT2D eigenvalue weighted by molar-refractivity contribution is 0.623.